The lowest BCUT2D eigenvalue weighted by molar-refractivity contribution is -0.383. The molecule has 2 saturated heterocycles. The number of benzene rings is 3. The molecule has 3 aromatic carbocycles. The van der Waals surface area contributed by atoms with Gasteiger partial charge >= 0.3 is 17.9 Å². The molecule has 0 aromatic heterocycles. The maximum Gasteiger partial charge on any atom is 0.331 e. The zero-order chi connectivity index (χ0) is 43.6. The van der Waals surface area contributed by atoms with Crippen LogP contribution in [0.5, 0.6) is 28.7 Å². The van der Waals surface area contributed by atoms with Crippen molar-refractivity contribution >= 4 is 36.1 Å². The quantitative estimate of drug-likeness (QED) is 0.0555. The first-order chi connectivity index (χ1) is 28.7. The van der Waals surface area contributed by atoms with Crippen LogP contribution in [0.15, 0.2) is 78.9 Å². The van der Waals surface area contributed by atoms with Crippen molar-refractivity contribution in [1.29, 1.82) is 0 Å². The van der Waals surface area contributed by atoms with E-state index in [1.807, 2.05) is 0 Å². The SMILES string of the molecule is COc1cc(C=CC(=O)OCC2OC(COC(=O)C=Cc3ccc(O)cc3)(OC3OC(CO)C(O)C(O)C3O)C(OC(=O)C=Cc3ccc(O)c(OC)c3)C2O)ccc1O. The molecule has 0 saturated carbocycles. The van der Waals surface area contributed by atoms with E-state index >= 15 is 0 Å². The number of ether oxygens (including phenoxy) is 8. The van der Waals surface area contributed by atoms with Gasteiger partial charge in [0.25, 0.3) is 0 Å². The standard InChI is InChI=1S/C41H44O19/c1-53-28-17-23(5-12-26(28)44)8-15-32(46)55-20-31-36(50)39(58-34(48)16-9-24-6-13-27(45)29(18-24)54-2)41(59-31,60-40-38(52)37(51)35(49)30(19-42)57-40)21-56-33(47)14-7-22-3-10-25(43)11-4-22/h3-18,30-31,35-40,42-45,49-52H,19-21H2,1-2H3. The van der Waals surface area contributed by atoms with Crippen molar-refractivity contribution in [3.05, 3.63) is 95.6 Å². The summed E-state index contributed by atoms with van der Waals surface area (Å²) in [5.41, 5.74) is 1.29. The van der Waals surface area contributed by atoms with Gasteiger partial charge < -0.3 is 78.7 Å². The van der Waals surface area contributed by atoms with E-state index in [4.69, 9.17) is 37.9 Å². The number of hydrogen-bond acceptors (Lipinski definition) is 19. The molecule has 3 aromatic rings. The molecule has 8 N–H and O–H groups in total. The van der Waals surface area contributed by atoms with Crippen LogP contribution in [0.4, 0.5) is 0 Å². The van der Waals surface area contributed by atoms with Crippen LogP contribution in [-0.2, 0) is 42.8 Å². The number of methoxy groups -OCH3 is 2. The Kier molecular flexibility index (Phi) is 15.2. The number of hydrogen-bond donors (Lipinski definition) is 8. The molecule has 5 rings (SSSR count). The van der Waals surface area contributed by atoms with E-state index in [9.17, 15) is 55.2 Å². The zero-order valence-corrected chi connectivity index (χ0v) is 32.0. The van der Waals surface area contributed by atoms with Crippen LogP contribution >= 0.6 is 0 Å². The van der Waals surface area contributed by atoms with Crippen molar-refractivity contribution in [2.75, 3.05) is 34.0 Å². The minimum absolute atomic E-state index is 0.0218. The summed E-state index contributed by atoms with van der Waals surface area (Å²) in [5, 5.41) is 82.7. The molecular weight excluding hydrogens is 796 g/mol. The summed E-state index contributed by atoms with van der Waals surface area (Å²) in [6.07, 6.45) is -8.02. The molecule has 19 nitrogen and oxygen atoms in total. The second-order valence-corrected chi connectivity index (χ2v) is 13.3. The van der Waals surface area contributed by atoms with Crippen molar-refractivity contribution in [1.82, 2.24) is 0 Å². The van der Waals surface area contributed by atoms with Gasteiger partial charge in [-0.15, -0.1) is 0 Å². The van der Waals surface area contributed by atoms with Gasteiger partial charge in [-0.2, -0.15) is 0 Å². The molecule has 19 heteroatoms. The Balaban J connectivity index is 1.45. The number of phenols is 3. The maximum absolute atomic E-state index is 13.4. The second-order valence-electron chi connectivity index (χ2n) is 13.3. The van der Waals surface area contributed by atoms with Gasteiger partial charge in [-0.1, -0.05) is 24.3 Å². The highest BCUT2D eigenvalue weighted by atomic mass is 16.8. The van der Waals surface area contributed by atoms with Gasteiger partial charge in [0, 0.05) is 18.2 Å². The topological polar surface area (TPSA) is 287 Å². The molecule has 2 aliphatic rings. The highest BCUT2D eigenvalue weighted by Gasteiger charge is 2.62. The summed E-state index contributed by atoms with van der Waals surface area (Å²) in [6, 6.07) is 14.2. The van der Waals surface area contributed by atoms with E-state index in [2.05, 4.69) is 0 Å². The van der Waals surface area contributed by atoms with Gasteiger partial charge in [0.2, 0.25) is 5.79 Å². The Morgan fingerprint density at radius 1 is 0.667 bits per heavy atom. The molecule has 2 heterocycles. The molecule has 60 heavy (non-hydrogen) atoms. The fourth-order valence-electron chi connectivity index (χ4n) is 6.02. The maximum atomic E-state index is 13.4. The fourth-order valence-corrected chi connectivity index (χ4v) is 6.02. The predicted molar refractivity (Wildman–Crippen MR) is 205 cm³/mol. The Hall–Kier alpha value is -6.03. The summed E-state index contributed by atoms with van der Waals surface area (Å²) < 4.78 is 44.1. The van der Waals surface area contributed by atoms with Crippen LogP contribution in [0.3, 0.4) is 0 Å². The lowest BCUT2D eigenvalue weighted by atomic mass is 9.99. The van der Waals surface area contributed by atoms with Crippen molar-refractivity contribution in [2.24, 2.45) is 0 Å². The number of carbonyl (C=O) groups is 3. The summed E-state index contributed by atoms with van der Waals surface area (Å²) in [7, 11) is 2.66. The smallest absolute Gasteiger partial charge is 0.331 e. The summed E-state index contributed by atoms with van der Waals surface area (Å²) >= 11 is 0. The van der Waals surface area contributed by atoms with E-state index < -0.39 is 92.5 Å². The average Bonchev–Trinajstić information content (AvgIpc) is 3.50. The van der Waals surface area contributed by atoms with E-state index in [-0.39, 0.29) is 28.7 Å². The number of aromatic hydroxyl groups is 3. The van der Waals surface area contributed by atoms with Gasteiger partial charge in [0.1, 0.15) is 55.6 Å². The number of phenolic OH excluding ortho intramolecular Hbond substituents is 3. The van der Waals surface area contributed by atoms with Crippen LogP contribution in [0.25, 0.3) is 18.2 Å². The van der Waals surface area contributed by atoms with E-state index in [0.29, 0.717) is 16.7 Å². The van der Waals surface area contributed by atoms with Gasteiger partial charge in [0.05, 0.1) is 20.8 Å². The molecule has 322 valence electrons. The minimum Gasteiger partial charge on any atom is -0.508 e. The molecule has 0 aliphatic carbocycles. The van der Waals surface area contributed by atoms with E-state index in [1.54, 1.807) is 0 Å². The van der Waals surface area contributed by atoms with Crippen LogP contribution < -0.4 is 9.47 Å². The highest BCUT2D eigenvalue weighted by molar-refractivity contribution is 5.88. The zero-order valence-electron chi connectivity index (χ0n) is 32.0. The van der Waals surface area contributed by atoms with Crippen LogP contribution in [0.1, 0.15) is 16.7 Å². The van der Waals surface area contributed by atoms with E-state index in [1.165, 1.54) is 93.1 Å². The lowest BCUT2D eigenvalue weighted by Crippen LogP contribution is -2.63. The first-order valence-electron chi connectivity index (χ1n) is 18.1. The fraction of sp³-hybridized carbons (Fsp3) is 0.341. The summed E-state index contributed by atoms with van der Waals surface area (Å²) in [5.74, 6) is -5.85. The monoisotopic (exact) mass is 840 g/mol. The molecule has 2 fully saturated rings. The minimum atomic E-state index is -2.63. The third kappa shape index (κ3) is 11.2. The summed E-state index contributed by atoms with van der Waals surface area (Å²) in [4.78, 5) is 39.3. The highest BCUT2D eigenvalue weighted by Crippen LogP contribution is 2.39. The van der Waals surface area contributed by atoms with Gasteiger partial charge in [-0.25, -0.2) is 14.4 Å². The molecule has 0 radical (unpaired) electrons. The Morgan fingerprint density at radius 3 is 1.77 bits per heavy atom. The van der Waals surface area contributed by atoms with Gasteiger partial charge in [-0.05, 0) is 71.3 Å². The van der Waals surface area contributed by atoms with Gasteiger partial charge in [-0.3, -0.25) is 0 Å². The van der Waals surface area contributed by atoms with Crippen molar-refractivity contribution < 1.29 is 93.1 Å². The molecule has 0 spiro atoms. The summed E-state index contributed by atoms with van der Waals surface area (Å²) in [6.45, 7) is -2.64. The molecule has 9 atom stereocenters. The van der Waals surface area contributed by atoms with E-state index in [0.717, 1.165) is 18.2 Å². The Labute approximate surface area is 342 Å². The van der Waals surface area contributed by atoms with Crippen LogP contribution in [-0.4, -0.2) is 148 Å². The average molecular weight is 841 g/mol. The van der Waals surface area contributed by atoms with Crippen molar-refractivity contribution in [2.45, 2.75) is 54.8 Å². The molecule has 0 bridgehead atoms. The Morgan fingerprint density at radius 2 is 1.20 bits per heavy atom. The number of aliphatic hydroxyl groups is 5. The second kappa shape index (κ2) is 20.3. The molecule has 0 amide bonds. The predicted octanol–water partition coefficient (Wildman–Crippen LogP) is 0.531. The van der Waals surface area contributed by atoms with Crippen molar-refractivity contribution in [3.8, 4) is 28.7 Å². The van der Waals surface area contributed by atoms with Crippen molar-refractivity contribution in [3.63, 3.8) is 0 Å². The Bertz CT molecular complexity index is 2050. The number of esters is 3. The van der Waals surface area contributed by atoms with Crippen LogP contribution in [0, 0.1) is 0 Å². The van der Waals surface area contributed by atoms with Crippen LogP contribution in [0.2, 0.25) is 0 Å². The largest absolute Gasteiger partial charge is 0.508 e. The first kappa shape index (κ1) is 45.1. The molecule has 2 aliphatic heterocycles. The molecule has 9 unspecified atom stereocenters. The normalized spacial score (nSPS) is 26.6. The van der Waals surface area contributed by atoms with Gasteiger partial charge in [0.15, 0.2) is 35.4 Å². The first-order valence-corrected chi connectivity index (χ1v) is 18.1. The lowest BCUT2D eigenvalue weighted by Gasteiger charge is -2.43. The molecular formula is C41H44O19. The number of aliphatic hydroxyl groups excluding tert-OH is 5. The number of carbonyl (C=O) groups excluding carboxylic acids is 3. The third-order valence-corrected chi connectivity index (χ3v) is 9.22. The number of rotatable bonds is 16. The third-order valence-electron chi connectivity index (χ3n) is 9.22.